The molecule has 0 spiro atoms. The Labute approximate surface area is 123 Å². The number of hydrogen-bond acceptors (Lipinski definition) is 3. The first-order valence-electron chi connectivity index (χ1n) is 6.75. The van der Waals surface area contributed by atoms with Crippen LogP contribution in [0, 0.1) is 11.3 Å². The van der Waals surface area contributed by atoms with Gasteiger partial charge in [0, 0.05) is 30.7 Å². The zero-order valence-corrected chi connectivity index (χ0v) is 12.8. The summed E-state index contributed by atoms with van der Waals surface area (Å²) in [5.41, 5.74) is 1.94. The lowest BCUT2D eigenvalue weighted by Crippen LogP contribution is -2.36. The highest BCUT2D eigenvalue weighted by atomic mass is 79.9. The Morgan fingerprint density at radius 1 is 1.42 bits per heavy atom. The van der Waals surface area contributed by atoms with Crippen molar-refractivity contribution < 1.29 is 4.74 Å². The second-order valence-electron chi connectivity index (χ2n) is 4.85. The van der Waals surface area contributed by atoms with Crippen LogP contribution in [0.25, 0.3) is 0 Å². The number of ether oxygens (including phenoxy) is 1. The summed E-state index contributed by atoms with van der Waals surface area (Å²) in [6, 6.07) is 7.97. The Morgan fingerprint density at radius 2 is 2.16 bits per heavy atom. The Bertz CT molecular complexity index is 462. The van der Waals surface area contributed by atoms with Gasteiger partial charge in [-0.05, 0) is 37.5 Å². The molecule has 1 heterocycles. The molecule has 1 fully saturated rings. The molecule has 1 aromatic carbocycles. The molecule has 0 unspecified atom stereocenters. The third kappa shape index (κ3) is 4.04. The summed E-state index contributed by atoms with van der Waals surface area (Å²) in [5, 5.41) is 8.86. The molecule has 0 N–H and O–H groups in total. The lowest BCUT2D eigenvalue weighted by molar-refractivity contribution is 0.0125. The van der Waals surface area contributed by atoms with Crippen LogP contribution in [0.15, 0.2) is 22.7 Å². The Morgan fingerprint density at radius 3 is 2.74 bits per heavy atom. The van der Waals surface area contributed by atoms with Crippen molar-refractivity contribution in [1.29, 1.82) is 5.26 Å². The molecular formula is C15H19BrN2O. The molecule has 1 aliphatic rings. The molecule has 2 rings (SSSR count). The molecule has 3 nitrogen and oxygen atoms in total. The van der Waals surface area contributed by atoms with Crippen LogP contribution >= 0.6 is 15.9 Å². The summed E-state index contributed by atoms with van der Waals surface area (Å²) in [6.07, 6.45) is 2.66. The van der Waals surface area contributed by atoms with Crippen LogP contribution in [0.1, 0.15) is 30.9 Å². The van der Waals surface area contributed by atoms with Crippen LogP contribution in [-0.4, -0.2) is 30.7 Å². The van der Waals surface area contributed by atoms with Gasteiger partial charge in [-0.1, -0.05) is 22.0 Å². The van der Waals surface area contributed by atoms with Crippen molar-refractivity contribution in [3.05, 3.63) is 33.8 Å². The maximum Gasteiger partial charge on any atom is 0.0992 e. The summed E-state index contributed by atoms with van der Waals surface area (Å²) in [4.78, 5) is 2.45. The van der Waals surface area contributed by atoms with E-state index in [-0.39, 0.29) is 0 Å². The third-order valence-corrected chi connectivity index (χ3v) is 4.25. The fourth-order valence-corrected chi connectivity index (χ4v) is 2.96. The number of halogens is 1. The van der Waals surface area contributed by atoms with Crippen molar-refractivity contribution in [1.82, 2.24) is 4.90 Å². The number of hydrogen-bond donors (Lipinski definition) is 0. The molecule has 19 heavy (non-hydrogen) atoms. The number of piperidine rings is 1. The van der Waals surface area contributed by atoms with E-state index in [1.165, 1.54) is 5.56 Å². The van der Waals surface area contributed by atoms with Crippen LogP contribution in [0.3, 0.4) is 0 Å². The number of nitrogens with zero attached hydrogens (tertiary/aromatic N) is 2. The third-order valence-electron chi connectivity index (χ3n) is 3.51. The van der Waals surface area contributed by atoms with E-state index in [0.717, 1.165) is 43.6 Å². The zero-order valence-electron chi connectivity index (χ0n) is 11.2. The predicted molar refractivity (Wildman–Crippen MR) is 78.8 cm³/mol. The molecule has 0 aromatic heterocycles. The van der Waals surface area contributed by atoms with Crippen LogP contribution in [0.4, 0.5) is 0 Å². The van der Waals surface area contributed by atoms with Crippen LogP contribution in [0.2, 0.25) is 0 Å². The van der Waals surface area contributed by atoms with Gasteiger partial charge in [-0.3, -0.25) is 4.90 Å². The largest absolute Gasteiger partial charge is 0.378 e. The van der Waals surface area contributed by atoms with Crippen molar-refractivity contribution in [2.24, 2.45) is 0 Å². The molecule has 0 radical (unpaired) electrons. The van der Waals surface area contributed by atoms with Crippen LogP contribution in [0.5, 0.6) is 0 Å². The van der Waals surface area contributed by atoms with Gasteiger partial charge in [0.15, 0.2) is 0 Å². The van der Waals surface area contributed by atoms with Gasteiger partial charge < -0.3 is 4.74 Å². The summed E-state index contributed by atoms with van der Waals surface area (Å²) < 4.78 is 6.69. The minimum absolute atomic E-state index is 0.436. The molecule has 4 heteroatoms. The minimum atomic E-state index is 0.436. The lowest BCUT2D eigenvalue weighted by Gasteiger charge is -2.31. The molecule has 1 aliphatic heterocycles. The number of likely N-dealkylation sites (tertiary alicyclic amines) is 1. The van der Waals surface area contributed by atoms with Gasteiger partial charge >= 0.3 is 0 Å². The smallest absolute Gasteiger partial charge is 0.0992 e. The highest BCUT2D eigenvalue weighted by Crippen LogP contribution is 2.22. The van der Waals surface area contributed by atoms with Gasteiger partial charge in [0.05, 0.1) is 17.7 Å². The molecule has 0 atom stereocenters. The first-order chi connectivity index (χ1) is 9.22. The summed E-state index contributed by atoms with van der Waals surface area (Å²) in [7, 11) is 0. The standard InChI is InChI=1S/C15H19BrN2O/c1-2-19-14-5-7-18(8-6-14)11-13-4-3-12(10-17)9-15(13)16/h3-4,9,14H,2,5-8,11H2,1H3. The van der Waals surface area contributed by atoms with Gasteiger partial charge in [0.2, 0.25) is 0 Å². The summed E-state index contributed by atoms with van der Waals surface area (Å²) in [6.45, 7) is 5.96. The molecule has 0 saturated carbocycles. The van der Waals surface area contributed by atoms with Gasteiger partial charge in [-0.25, -0.2) is 0 Å². The zero-order chi connectivity index (χ0) is 13.7. The normalized spacial score (nSPS) is 17.3. The van der Waals surface area contributed by atoms with Crippen LogP contribution < -0.4 is 0 Å². The first kappa shape index (κ1) is 14.5. The van der Waals surface area contributed by atoms with E-state index in [4.69, 9.17) is 10.00 Å². The molecule has 102 valence electrons. The van der Waals surface area contributed by atoms with Crippen molar-refractivity contribution in [3.63, 3.8) is 0 Å². The first-order valence-corrected chi connectivity index (χ1v) is 7.54. The highest BCUT2D eigenvalue weighted by molar-refractivity contribution is 9.10. The van der Waals surface area contributed by atoms with Crippen LogP contribution in [-0.2, 0) is 11.3 Å². The number of rotatable bonds is 4. The average Bonchev–Trinajstić information content (AvgIpc) is 2.43. The highest BCUT2D eigenvalue weighted by Gasteiger charge is 2.19. The molecule has 1 aromatic rings. The van der Waals surface area contributed by atoms with Crippen molar-refractivity contribution in [2.75, 3.05) is 19.7 Å². The van der Waals surface area contributed by atoms with E-state index in [9.17, 15) is 0 Å². The van der Waals surface area contributed by atoms with Gasteiger partial charge in [-0.2, -0.15) is 5.26 Å². The van der Waals surface area contributed by atoms with E-state index in [0.29, 0.717) is 11.7 Å². The second-order valence-corrected chi connectivity index (χ2v) is 5.70. The Hall–Kier alpha value is -0.890. The van der Waals surface area contributed by atoms with Gasteiger partial charge in [-0.15, -0.1) is 0 Å². The number of benzene rings is 1. The van der Waals surface area contributed by atoms with Gasteiger partial charge in [0.1, 0.15) is 0 Å². The molecule has 1 saturated heterocycles. The van der Waals surface area contributed by atoms with Crippen molar-refractivity contribution in [3.8, 4) is 6.07 Å². The molecule has 0 bridgehead atoms. The fourth-order valence-electron chi connectivity index (χ4n) is 2.46. The predicted octanol–water partition coefficient (Wildman–Crippen LogP) is 3.32. The molecule has 0 amide bonds. The van der Waals surface area contributed by atoms with E-state index >= 15 is 0 Å². The SMILES string of the molecule is CCOC1CCN(Cc2ccc(C#N)cc2Br)CC1. The van der Waals surface area contributed by atoms with E-state index in [1.807, 2.05) is 18.2 Å². The molecule has 0 aliphatic carbocycles. The fraction of sp³-hybridized carbons (Fsp3) is 0.533. The minimum Gasteiger partial charge on any atom is -0.378 e. The summed E-state index contributed by atoms with van der Waals surface area (Å²) in [5.74, 6) is 0. The lowest BCUT2D eigenvalue weighted by atomic mass is 10.1. The maximum atomic E-state index is 8.86. The maximum absolute atomic E-state index is 8.86. The van der Waals surface area contributed by atoms with Crippen molar-refractivity contribution in [2.45, 2.75) is 32.4 Å². The van der Waals surface area contributed by atoms with E-state index in [1.54, 1.807) is 0 Å². The molecular weight excluding hydrogens is 304 g/mol. The quantitative estimate of drug-likeness (QED) is 0.853. The second kappa shape index (κ2) is 7.04. The van der Waals surface area contributed by atoms with Gasteiger partial charge in [0.25, 0.3) is 0 Å². The summed E-state index contributed by atoms with van der Waals surface area (Å²) >= 11 is 3.55. The topological polar surface area (TPSA) is 36.3 Å². The van der Waals surface area contributed by atoms with E-state index < -0.39 is 0 Å². The Balaban J connectivity index is 1.91. The monoisotopic (exact) mass is 322 g/mol. The van der Waals surface area contributed by atoms with E-state index in [2.05, 4.69) is 33.8 Å². The Kier molecular flexibility index (Phi) is 5.38. The number of nitriles is 1. The van der Waals surface area contributed by atoms with Crippen molar-refractivity contribution >= 4 is 15.9 Å². The average molecular weight is 323 g/mol.